The maximum atomic E-state index is 8.70. The van der Waals surface area contributed by atoms with Crippen LogP contribution in [0.3, 0.4) is 0 Å². The van der Waals surface area contributed by atoms with E-state index in [4.69, 9.17) is 32.6 Å². The quantitative estimate of drug-likeness (QED) is 0.586. The summed E-state index contributed by atoms with van der Waals surface area (Å²) in [5.41, 5.74) is 1.36. The number of hydrogen-bond donors (Lipinski definition) is 1. The highest BCUT2D eigenvalue weighted by molar-refractivity contribution is 5.49. The van der Waals surface area contributed by atoms with Crippen molar-refractivity contribution in [1.82, 2.24) is 10.3 Å². The molecule has 9 nitrogen and oxygen atoms in total. The van der Waals surface area contributed by atoms with E-state index >= 15 is 0 Å². The Labute approximate surface area is 146 Å². The third-order valence-electron chi connectivity index (χ3n) is 2.88. The molecule has 134 valence electrons. The van der Waals surface area contributed by atoms with Gasteiger partial charge in [-0.15, -0.1) is 0 Å². The first-order valence-corrected chi connectivity index (χ1v) is 7.24. The number of aliphatic hydroxyl groups is 1. The van der Waals surface area contributed by atoms with E-state index < -0.39 is 0 Å². The Kier molecular flexibility index (Phi) is 6.87. The maximum Gasteiger partial charge on any atom is 0.373 e. The van der Waals surface area contributed by atoms with Crippen molar-refractivity contribution in [2.75, 3.05) is 0 Å². The molecular weight excluding hydrogens is 344 g/mol. The largest absolute Gasteiger partial charge is 0.461 e. The number of furan rings is 2. The van der Waals surface area contributed by atoms with Gasteiger partial charge in [0.1, 0.15) is 5.69 Å². The van der Waals surface area contributed by atoms with Crippen LogP contribution in [-0.2, 0) is 16.2 Å². The molecular formula is C17H14N2O7. The fourth-order valence-corrected chi connectivity index (χ4v) is 1.82. The van der Waals surface area contributed by atoms with Crippen molar-refractivity contribution in [3.8, 4) is 23.0 Å². The maximum absolute atomic E-state index is 8.70. The monoisotopic (exact) mass is 358 g/mol. The molecule has 4 rings (SSSR count). The molecule has 4 aromatic heterocycles. The molecule has 26 heavy (non-hydrogen) atoms. The Balaban J connectivity index is 0.000000163. The fourth-order valence-electron chi connectivity index (χ4n) is 1.82. The lowest BCUT2D eigenvalue weighted by molar-refractivity contribution is -0.191. The van der Waals surface area contributed by atoms with Crippen molar-refractivity contribution in [3.63, 3.8) is 0 Å². The normalized spacial score (nSPS) is 9.46. The molecule has 0 saturated heterocycles. The molecule has 0 aliphatic rings. The SMILES string of the molecule is Cc1cc(-c2ccco2)on1.O=C=O.OCc1cc(-c2ccco2)on1. The molecule has 0 bridgehead atoms. The molecule has 4 heterocycles. The number of nitrogens with zero attached hydrogens (tertiary/aromatic N) is 2. The summed E-state index contributed by atoms with van der Waals surface area (Å²) in [5, 5.41) is 16.0. The van der Waals surface area contributed by atoms with E-state index in [1.54, 1.807) is 30.7 Å². The van der Waals surface area contributed by atoms with Crippen LogP contribution in [-0.4, -0.2) is 21.6 Å². The van der Waals surface area contributed by atoms with Gasteiger partial charge in [-0.25, -0.2) is 0 Å². The highest BCUT2D eigenvalue weighted by Crippen LogP contribution is 2.20. The van der Waals surface area contributed by atoms with Crippen LogP contribution in [0.25, 0.3) is 23.0 Å². The average molecular weight is 358 g/mol. The predicted molar refractivity (Wildman–Crippen MR) is 84.1 cm³/mol. The lowest BCUT2D eigenvalue weighted by Crippen LogP contribution is -1.78. The summed E-state index contributed by atoms with van der Waals surface area (Å²) < 4.78 is 20.0. The zero-order chi connectivity index (χ0) is 18.8. The number of carbonyl (C=O) groups excluding carboxylic acids is 2. The molecule has 0 radical (unpaired) electrons. The van der Waals surface area contributed by atoms with Gasteiger partial charge in [-0.05, 0) is 31.2 Å². The fraction of sp³-hybridized carbons (Fsp3) is 0.118. The molecule has 0 unspecified atom stereocenters. The summed E-state index contributed by atoms with van der Waals surface area (Å²) in [6, 6.07) is 10.6. The van der Waals surface area contributed by atoms with Gasteiger partial charge in [0.05, 0.1) is 24.8 Å². The summed E-state index contributed by atoms with van der Waals surface area (Å²) >= 11 is 0. The minimum Gasteiger partial charge on any atom is -0.461 e. The molecule has 0 saturated carbocycles. The minimum absolute atomic E-state index is 0.121. The van der Waals surface area contributed by atoms with Gasteiger partial charge < -0.3 is 23.0 Å². The summed E-state index contributed by atoms with van der Waals surface area (Å²) in [5.74, 6) is 2.53. The highest BCUT2D eigenvalue weighted by Gasteiger charge is 2.07. The second kappa shape index (κ2) is 9.58. The smallest absolute Gasteiger partial charge is 0.373 e. The van der Waals surface area contributed by atoms with Crippen LogP contribution in [0.4, 0.5) is 0 Å². The van der Waals surface area contributed by atoms with Gasteiger partial charge in [0.2, 0.25) is 11.5 Å². The molecule has 0 spiro atoms. The van der Waals surface area contributed by atoms with Crippen LogP contribution in [0.15, 0.2) is 66.8 Å². The number of aryl methyl sites for hydroxylation is 1. The zero-order valence-corrected chi connectivity index (χ0v) is 13.6. The van der Waals surface area contributed by atoms with E-state index in [1.807, 2.05) is 25.1 Å². The molecule has 0 atom stereocenters. The zero-order valence-electron chi connectivity index (χ0n) is 13.6. The summed E-state index contributed by atoms with van der Waals surface area (Å²) in [6.07, 6.45) is 3.41. The first-order chi connectivity index (χ1) is 12.7. The third kappa shape index (κ3) is 5.17. The van der Waals surface area contributed by atoms with Gasteiger partial charge in [-0.1, -0.05) is 10.3 Å². The number of hydrogen-bond acceptors (Lipinski definition) is 9. The lowest BCUT2D eigenvalue weighted by Gasteiger charge is -1.83. The molecule has 4 aromatic rings. The second-order valence-electron chi connectivity index (χ2n) is 4.71. The number of aliphatic hydroxyl groups excluding tert-OH is 1. The lowest BCUT2D eigenvalue weighted by atomic mass is 10.3. The van der Waals surface area contributed by atoms with E-state index in [9.17, 15) is 0 Å². The van der Waals surface area contributed by atoms with Crippen LogP contribution in [0.1, 0.15) is 11.4 Å². The number of rotatable bonds is 3. The van der Waals surface area contributed by atoms with Gasteiger partial charge in [-0.3, -0.25) is 0 Å². The third-order valence-corrected chi connectivity index (χ3v) is 2.88. The summed E-state index contributed by atoms with van der Waals surface area (Å²) in [7, 11) is 0. The Hall–Kier alpha value is -3.68. The average Bonchev–Trinajstić information content (AvgIpc) is 3.41. The van der Waals surface area contributed by atoms with Crippen molar-refractivity contribution >= 4 is 6.15 Å². The first-order valence-electron chi connectivity index (χ1n) is 7.24. The van der Waals surface area contributed by atoms with Crippen LogP contribution >= 0.6 is 0 Å². The second-order valence-corrected chi connectivity index (χ2v) is 4.71. The van der Waals surface area contributed by atoms with E-state index in [1.165, 1.54) is 0 Å². The van der Waals surface area contributed by atoms with E-state index in [-0.39, 0.29) is 12.8 Å². The molecule has 1 N–H and O–H groups in total. The van der Waals surface area contributed by atoms with Gasteiger partial charge >= 0.3 is 6.15 Å². The van der Waals surface area contributed by atoms with Crippen molar-refractivity contribution in [2.24, 2.45) is 0 Å². The van der Waals surface area contributed by atoms with Gasteiger partial charge in [0.15, 0.2) is 11.5 Å². The molecule has 0 fully saturated rings. The van der Waals surface area contributed by atoms with Crippen molar-refractivity contribution in [2.45, 2.75) is 13.5 Å². The van der Waals surface area contributed by atoms with Gasteiger partial charge in [0.25, 0.3) is 0 Å². The van der Waals surface area contributed by atoms with E-state index in [0.717, 1.165) is 5.69 Å². The topological polar surface area (TPSA) is 133 Å². The van der Waals surface area contributed by atoms with E-state index in [2.05, 4.69) is 10.3 Å². The molecule has 9 heteroatoms. The van der Waals surface area contributed by atoms with Crippen molar-refractivity contribution in [1.29, 1.82) is 0 Å². The Morgan fingerprint density at radius 3 is 1.85 bits per heavy atom. The van der Waals surface area contributed by atoms with Gasteiger partial charge in [-0.2, -0.15) is 9.59 Å². The Morgan fingerprint density at radius 1 is 0.923 bits per heavy atom. The predicted octanol–water partition coefficient (Wildman–Crippen LogP) is 3.09. The first kappa shape index (κ1) is 18.7. The van der Waals surface area contributed by atoms with Crippen molar-refractivity contribution < 1.29 is 32.6 Å². The molecule has 0 aliphatic heterocycles. The summed E-state index contributed by atoms with van der Waals surface area (Å²) in [6.45, 7) is 1.75. The van der Waals surface area contributed by atoms with Crippen LogP contribution in [0, 0.1) is 6.92 Å². The van der Waals surface area contributed by atoms with Crippen molar-refractivity contribution in [3.05, 3.63) is 60.3 Å². The number of aromatic nitrogens is 2. The van der Waals surface area contributed by atoms with E-state index in [0.29, 0.717) is 28.7 Å². The minimum atomic E-state index is -0.121. The summed E-state index contributed by atoms with van der Waals surface area (Å²) in [4.78, 5) is 16.2. The Bertz CT molecular complexity index is 914. The van der Waals surface area contributed by atoms with Gasteiger partial charge in [0, 0.05) is 12.1 Å². The van der Waals surface area contributed by atoms with Crippen LogP contribution in [0.5, 0.6) is 0 Å². The molecule has 0 aliphatic carbocycles. The Morgan fingerprint density at radius 2 is 1.46 bits per heavy atom. The molecule has 0 aromatic carbocycles. The van der Waals surface area contributed by atoms with Crippen LogP contribution < -0.4 is 0 Å². The van der Waals surface area contributed by atoms with Crippen LogP contribution in [0.2, 0.25) is 0 Å². The highest BCUT2D eigenvalue weighted by atomic mass is 16.5. The standard InChI is InChI=1S/C8H7NO3.C8H7NO2.CO2/c10-5-6-4-8(12-9-6)7-2-1-3-11-7;1-6-5-8(11-9-6)7-3-2-4-10-7;2-1-3/h1-4,10H,5H2;2-5H,1H3;. The molecule has 0 amide bonds.